The Balaban J connectivity index is 2.81. The van der Waals surface area contributed by atoms with Gasteiger partial charge in [-0.3, -0.25) is 0 Å². The van der Waals surface area contributed by atoms with Crippen LogP contribution in [0.15, 0.2) is 6.20 Å². The van der Waals surface area contributed by atoms with Gasteiger partial charge in [-0.05, 0) is 20.8 Å². The zero-order valence-electron chi connectivity index (χ0n) is 7.94. The maximum Gasteiger partial charge on any atom is 0.157 e. The molecule has 0 unspecified atom stereocenters. The van der Waals surface area contributed by atoms with Crippen LogP contribution in [0.3, 0.4) is 0 Å². The van der Waals surface area contributed by atoms with Crippen LogP contribution in [0.2, 0.25) is 0 Å². The summed E-state index contributed by atoms with van der Waals surface area (Å²) >= 11 is 1.44. The van der Waals surface area contributed by atoms with Gasteiger partial charge in [-0.25, -0.2) is 13.4 Å². The van der Waals surface area contributed by atoms with Crippen molar-refractivity contribution in [3.63, 3.8) is 0 Å². The lowest BCUT2D eigenvalue weighted by molar-refractivity contribution is 0.587. The van der Waals surface area contributed by atoms with Crippen molar-refractivity contribution in [3.05, 3.63) is 16.1 Å². The first kappa shape index (κ1) is 10.7. The molecular formula is C8H13NO2S2. The molecule has 0 aromatic carbocycles. The van der Waals surface area contributed by atoms with E-state index in [1.54, 1.807) is 20.0 Å². The Morgan fingerprint density at radius 1 is 1.54 bits per heavy atom. The van der Waals surface area contributed by atoms with Gasteiger partial charge in [-0.2, -0.15) is 0 Å². The molecule has 1 heterocycles. The van der Waals surface area contributed by atoms with E-state index in [0.29, 0.717) is 0 Å². The first-order chi connectivity index (χ1) is 5.92. The Morgan fingerprint density at radius 2 is 2.15 bits per heavy atom. The third kappa shape index (κ3) is 2.77. The van der Waals surface area contributed by atoms with Crippen molar-refractivity contribution in [2.24, 2.45) is 0 Å². The van der Waals surface area contributed by atoms with Gasteiger partial charge in [0.05, 0.1) is 16.0 Å². The van der Waals surface area contributed by atoms with Gasteiger partial charge in [0.25, 0.3) is 0 Å². The molecule has 0 N–H and O–H groups in total. The van der Waals surface area contributed by atoms with Crippen molar-refractivity contribution >= 4 is 21.2 Å². The van der Waals surface area contributed by atoms with Crippen molar-refractivity contribution < 1.29 is 8.42 Å². The summed E-state index contributed by atoms with van der Waals surface area (Å²) in [5.41, 5.74) is 0. The van der Waals surface area contributed by atoms with Crippen LogP contribution < -0.4 is 0 Å². The Kier molecular flexibility index (Phi) is 3.08. The summed E-state index contributed by atoms with van der Waals surface area (Å²) in [5, 5.41) is 0.601. The Labute approximate surface area is 82.7 Å². The van der Waals surface area contributed by atoms with Gasteiger partial charge in [-0.1, -0.05) is 0 Å². The number of hydrogen-bond donors (Lipinski definition) is 0. The van der Waals surface area contributed by atoms with Gasteiger partial charge in [-0.15, -0.1) is 11.3 Å². The maximum atomic E-state index is 11.5. The minimum absolute atomic E-state index is 0.121. The van der Waals surface area contributed by atoms with Gasteiger partial charge in [0.15, 0.2) is 9.84 Å². The predicted octanol–water partition coefficient (Wildman–Crippen LogP) is 1.77. The molecule has 0 atom stereocenters. The van der Waals surface area contributed by atoms with Crippen LogP contribution in [0.4, 0.5) is 0 Å². The molecule has 1 aromatic rings. The maximum absolute atomic E-state index is 11.5. The second-order valence-electron chi connectivity index (χ2n) is 3.20. The summed E-state index contributed by atoms with van der Waals surface area (Å²) in [6.45, 7) is 5.27. The Bertz CT molecular complexity index is 379. The average Bonchev–Trinajstić information content (AvgIpc) is 2.34. The SMILES string of the molecule is Cc1ncc(CS(=O)(=O)C(C)C)s1. The fourth-order valence-corrected chi connectivity index (χ4v) is 2.96. The lowest BCUT2D eigenvalue weighted by Crippen LogP contribution is -2.15. The highest BCUT2D eigenvalue weighted by Gasteiger charge is 2.17. The molecule has 0 aliphatic carbocycles. The van der Waals surface area contributed by atoms with Crippen LogP contribution in [0.1, 0.15) is 23.7 Å². The van der Waals surface area contributed by atoms with E-state index in [4.69, 9.17) is 0 Å². The van der Waals surface area contributed by atoms with E-state index in [0.717, 1.165) is 9.88 Å². The summed E-state index contributed by atoms with van der Waals surface area (Å²) in [4.78, 5) is 4.84. The van der Waals surface area contributed by atoms with Crippen molar-refractivity contribution in [2.75, 3.05) is 0 Å². The van der Waals surface area contributed by atoms with Gasteiger partial charge in [0.2, 0.25) is 0 Å². The van der Waals surface area contributed by atoms with E-state index in [1.807, 2.05) is 6.92 Å². The van der Waals surface area contributed by atoms with Crippen LogP contribution in [-0.2, 0) is 15.6 Å². The number of rotatable bonds is 3. The smallest absolute Gasteiger partial charge is 0.157 e. The molecule has 0 bridgehead atoms. The number of nitrogens with zero attached hydrogens (tertiary/aromatic N) is 1. The second kappa shape index (κ2) is 3.75. The molecule has 74 valence electrons. The van der Waals surface area contributed by atoms with Gasteiger partial charge >= 0.3 is 0 Å². The number of aryl methyl sites for hydroxylation is 1. The molecule has 0 amide bonds. The standard InChI is InChI=1S/C8H13NO2S2/c1-6(2)13(10,11)5-8-4-9-7(3)12-8/h4,6H,5H2,1-3H3. The van der Waals surface area contributed by atoms with Gasteiger partial charge in [0.1, 0.15) is 0 Å². The fourth-order valence-electron chi connectivity index (χ4n) is 0.837. The summed E-state index contributed by atoms with van der Waals surface area (Å²) in [6, 6.07) is 0. The molecule has 0 radical (unpaired) electrons. The normalized spacial score (nSPS) is 12.3. The Morgan fingerprint density at radius 3 is 2.54 bits per heavy atom. The average molecular weight is 219 g/mol. The number of thiazole rings is 1. The van der Waals surface area contributed by atoms with Gasteiger partial charge in [0, 0.05) is 11.1 Å². The first-order valence-corrected chi connectivity index (χ1v) is 6.58. The lowest BCUT2D eigenvalue weighted by Gasteiger charge is -2.04. The third-order valence-electron chi connectivity index (χ3n) is 1.73. The molecule has 0 saturated heterocycles. The molecule has 1 rings (SSSR count). The molecule has 0 aliphatic rings. The number of sulfone groups is 1. The minimum Gasteiger partial charge on any atom is -0.250 e. The topological polar surface area (TPSA) is 47.0 Å². The highest BCUT2D eigenvalue weighted by Crippen LogP contribution is 2.17. The molecule has 0 spiro atoms. The molecule has 0 aliphatic heterocycles. The highest BCUT2D eigenvalue weighted by molar-refractivity contribution is 7.91. The molecule has 0 fully saturated rings. The van der Waals surface area contributed by atoms with Gasteiger partial charge < -0.3 is 0 Å². The summed E-state index contributed by atoms with van der Waals surface area (Å²) in [5.74, 6) is 0.121. The summed E-state index contributed by atoms with van der Waals surface area (Å²) < 4.78 is 23.0. The quantitative estimate of drug-likeness (QED) is 0.778. The van der Waals surface area contributed by atoms with E-state index >= 15 is 0 Å². The van der Waals surface area contributed by atoms with Crippen LogP contribution >= 0.6 is 11.3 Å². The minimum atomic E-state index is -2.97. The summed E-state index contributed by atoms with van der Waals surface area (Å²) in [6.07, 6.45) is 1.64. The number of aromatic nitrogens is 1. The van der Waals surface area contributed by atoms with E-state index in [-0.39, 0.29) is 11.0 Å². The van der Waals surface area contributed by atoms with Crippen LogP contribution in [-0.4, -0.2) is 18.7 Å². The molecule has 0 saturated carbocycles. The van der Waals surface area contributed by atoms with Crippen molar-refractivity contribution in [2.45, 2.75) is 31.8 Å². The first-order valence-electron chi connectivity index (χ1n) is 4.04. The molecule has 13 heavy (non-hydrogen) atoms. The molecule has 3 nitrogen and oxygen atoms in total. The number of hydrogen-bond acceptors (Lipinski definition) is 4. The fraction of sp³-hybridized carbons (Fsp3) is 0.625. The highest BCUT2D eigenvalue weighted by atomic mass is 32.2. The van der Waals surface area contributed by atoms with Crippen molar-refractivity contribution in [1.29, 1.82) is 0 Å². The largest absolute Gasteiger partial charge is 0.250 e. The second-order valence-corrected chi connectivity index (χ2v) is 7.08. The predicted molar refractivity (Wildman–Crippen MR) is 54.6 cm³/mol. The van der Waals surface area contributed by atoms with E-state index in [9.17, 15) is 8.42 Å². The zero-order chi connectivity index (χ0) is 10.1. The Hall–Kier alpha value is -0.420. The van der Waals surface area contributed by atoms with Crippen LogP contribution in [0, 0.1) is 6.92 Å². The molecule has 1 aromatic heterocycles. The molecule has 5 heteroatoms. The molecular weight excluding hydrogens is 206 g/mol. The zero-order valence-corrected chi connectivity index (χ0v) is 9.58. The van der Waals surface area contributed by atoms with Crippen LogP contribution in [0.25, 0.3) is 0 Å². The van der Waals surface area contributed by atoms with Crippen molar-refractivity contribution in [1.82, 2.24) is 4.98 Å². The van der Waals surface area contributed by atoms with Crippen molar-refractivity contribution in [3.8, 4) is 0 Å². The lowest BCUT2D eigenvalue weighted by atomic mass is 10.6. The monoisotopic (exact) mass is 219 g/mol. The third-order valence-corrected chi connectivity index (χ3v) is 4.98. The van der Waals surface area contributed by atoms with E-state index in [2.05, 4.69) is 4.98 Å². The van der Waals surface area contributed by atoms with E-state index < -0.39 is 9.84 Å². The van der Waals surface area contributed by atoms with Crippen LogP contribution in [0.5, 0.6) is 0 Å². The van der Waals surface area contributed by atoms with E-state index in [1.165, 1.54) is 11.3 Å². The summed E-state index contributed by atoms with van der Waals surface area (Å²) in [7, 11) is -2.97.